The lowest BCUT2D eigenvalue weighted by Crippen LogP contribution is -2.10. The number of hydrogen-bond donors (Lipinski definition) is 2. The van der Waals surface area contributed by atoms with Gasteiger partial charge in [0.1, 0.15) is 0 Å². The lowest BCUT2D eigenvalue weighted by Gasteiger charge is -1.96. The van der Waals surface area contributed by atoms with Crippen molar-refractivity contribution in [2.24, 2.45) is 0 Å². The quantitative estimate of drug-likeness (QED) is 0.422. The van der Waals surface area contributed by atoms with Crippen molar-refractivity contribution in [1.82, 2.24) is 5.32 Å². The van der Waals surface area contributed by atoms with Crippen LogP contribution < -0.4 is 5.32 Å². The molecular formula is C4H11NO3S. The molecule has 56 valence electrons. The van der Waals surface area contributed by atoms with Gasteiger partial charge in [-0.15, -0.1) is 0 Å². The Labute approximate surface area is 57.1 Å². The summed E-state index contributed by atoms with van der Waals surface area (Å²) in [5, 5.41) is 2.88. The fourth-order valence-electron chi connectivity index (χ4n) is 0.379. The van der Waals surface area contributed by atoms with Gasteiger partial charge in [-0.25, -0.2) is 0 Å². The van der Waals surface area contributed by atoms with Crippen molar-refractivity contribution in [3.63, 3.8) is 0 Å². The minimum Gasteiger partial charge on any atom is -0.320 e. The predicted molar refractivity (Wildman–Crippen MR) is 35.3 cm³/mol. The Kier molecular flexibility index (Phi) is 6.18. The van der Waals surface area contributed by atoms with E-state index in [4.69, 9.17) is 4.55 Å². The molecule has 0 aromatic rings. The Morgan fingerprint density at radius 3 is 2.89 bits per heavy atom. The van der Waals surface area contributed by atoms with Gasteiger partial charge in [0.25, 0.3) is 0 Å². The molecule has 0 saturated heterocycles. The molecule has 0 saturated carbocycles. The Morgan fingerprint density at radius 2 is 2.44 bits per heavy atom. The van der Waals surface area contributed by atoms with E-state index in [-0.39, 0.29) is 0 Å². The zero-order valence-corrected chi connectivity index (χ0v) is 6.11. The third kappa shape index (κ3) is 8.03. The van der Waals surface area contributed by atoms with Gasteiger partial charge >= 0.3 is 11.4 Å². The largest absolute Gasteiger partial charge is 0.320 e. The van der Waals surface area contributed by atoms with Gasteiger partial charge in [0.15, 0.2) is 0 Å². The molecule has 0 rings (SSSR count). The van der Waals surface area contributed by atoms with Crippen LogP contribution in [0.25, 0.3) is 0 Å². The van der Waals surface area contributed by atoms with Crippen molar-refractivity contribution in [2.45, 2.75) is 6.42 Å². The number of rotatable bonds is 5. The fraction of sp³-hybridized carbons (Fsp3) is 1.00. The van der Waals surface area contributed by atoms with E-state index in [9.17, 15) is 4.21 Å². The zero-order chi connectivity index (χ0) is 7.11. The Morgan fingerprint density at radius 1 is 1.78 bits per heavy atom. The Balaban J connectivity index is 2.83. The van der Waals surface area contributed by atoms with Gasteiger partial charge in [-0.05, 0) is 20.0 Å². The van der Waals surface area contributed by atoms with Crippen LogP contribution in [0.2, 0.25) is 0 Å². The highest BCUT2D eigenvalue weighted by Gasteiger charge is 1.90. The molecule has 0 aromatic heterocycles. The Hall–Kier alpha value is 0.0300. The summed E-state index contributed by atoms with van der Waals surface area (Å²) in [5.41, 5.74) is 0. The smallest absolute Gasteiger partial charge is 0.301 e. The average molecular weight is 153 g/mol. The van der Waals surface area contributed by atoms with E-state index in [1.807, 2.05) is 7.05 Å². The average Bonchev–Trinajstić information content (AvgIpc) is 1.80. The van der Waals surface area contributed by atoms with Crippen LogP contribution in [-0.2, 0) is 15.5 Å². The van der Waals surface area contributed by atoms with Crippen molar-refractivity contribution in [1.29, 1.82) is 0 Å². The van der Waals surface area contributed by atoms with Crippen LogP contribution in [0.1, 0.15) is 6.42 Å². The van der Waals surface area contributed by atoms with Crippen LogP contribution in [0, 0.1) is 0 Å². The van der Waals surface area contributed by atoms with E-state index in [0.29, 0.717) is 6.61 Å². The van der Waals surface area contributed by atoms with Gasteiger partial charge in [0.2, 0.25) is 0 Å². The van der Waals surface area contributed by atoms with Crippen molar-refractivity contribution in [2.75, 3.05) is 20.2 Å². The van der Waals surface area contributed by atoms with Gasteiger partial charge in [-0.3, -0.25) is 8.74 Å². The van der Waals surface area contributed by atoms with Gasteiger partial charge in [0, 0.05) is 0 Å². The van der Waals surface area contributed by atoms with E-state index in [1.54, 1.807) is 0 Å². The van der Waals surface area contributed by atoms with E-state index >= 15 is 0 Å². The van der Waals surface area contributed by atoms with Crippen LogP contribution in [0.15, 0.2) is 0 Å². The van der Waals surface area contributed by atoms with E-state index in [0.717, 1.165) is 13.0 Å². The molecule has 0 amide bonds. The lowest BCUT2D eigenvalue weighted by molar-refractivity contribution is 0.301. The van der Waals surface area contributed by atoms with Crippen LogP contribution >= 0.6 is 0 Å². The van der Waals surface area contributed by atoms with Crippen molar-refractivity contribution < 1.29 is 12.9 Å². The fourth-order valence-corrected chi connectivity index (χ4v) is 0.640. The molecule has 0 fully saturated rings. The van der Waals surface area contributed by atoms with Gasteiger partial charge in [0.05, 0.1) is 6.61 Å². The second-order valence-corrected chi connectivity index (χ2v) is 2.17. The summed E-state index contributed by atoms with van der Waals surface area (Å²) in [6.45, 7) is 1.13. The molecule has 1 atom stereocenters. The Bertz CT molecular complexity index is 87.9. The monoisotopic (exact) mass is 153 g/mol. The second-order valence-electron chi connectivity index (χ2n) is 1.50. The number of nitrogens with one attached hydrogen (secondary N) is 1. The summed E-state index contributed by atoms with van der Waals surface area (Å²) < 4.78 is 22.2. The molecule has 0 aliphatic carbocycles. The van der Waals surface area contributed by atoms with Crippen LogP contribution in [-0.4, -0.2) is 29.0 Å². The third-order valence-electron chi connectivity index (χ3n) is 0.755. The second kappa shape index (κ2) is 6.15. The highest BCUT2D eigenvalue weighted by Crippen LogP contribution is 1.82. The maximum atomic E-state index is 9.83. The first-order valence-electron chi connectivity index (χ1n) is 2.66. The molecule has 5 heteroatoms. The van der Waals surface area contributed by atoms with Crippen LogP contribution in [0.4, 0.5) is 0 Å². The van der Waals surface area contributed by atoms with Gasteiger partial charge < -0.3 is 5.32 Å². The molecule has 0 aliphatic rings. The van der Waals surface area contributed by atoms with Crippen LogP contribution in [0.3, 0.4) is 0 Å². The van der Waals surface area contributed by atoms with Crippen molar-refractivity contribution in [3.05, 3.63) is 0 Å². The summed E-state index contributed by atoms with van der Waals surface area (Å²) in [7, 11) is 1.82. The minimum atomic E-state index is -2.10. The molecule has 2 N–H and O–H groups in total. The molecule has 0 bridgehead atoms. The molecule has 0 aromatic carbocycles. The van der Waals surface area contributed by atoms with Gasteiger partial charge in [-0.2, -0.15) is 4.21 Å². The first-order chi connectivity index (χ1) is 4.27. The molecule has 1 unspecified atom stereocenters. The van der Waals surface area contributed by atoms with Gasteiger partial charge in [-0.1, -0.05) is 0 Å². The topological polar surface area (TPSA) is 58.6 Å². The van der Waals surface area contributed by atoms with E-state index in [1.165, 1.54) is 0 Å². The molecule has 9 heavy (non-hydrogen) atoms. The summed E-state index contributed by atoms with van der Waals surface area (Å²) in [5.74, 6) is 0. The van der Waals surface area contributed by atoms with Crippen molar-refractivity contribution in [3.8, 4) is 0 Å². The summed E-state index contributed by atoms with van der Waals surface area (Å²) >= 11 is -2.10. The normalized spacial score (nSPS) is 13.6. The molecule has 4 nitrogen and oxygen atoms in total. The first kappa shape index (κ1) is 9.03. The standard InChI is InChI=1S/C4H11NO3S/c1-5-3-2-4-8-9(6)7/h5H,2-4H2,1H3,(H,6,7). The SMILES string of the molecule is CNCCCOS(=O)O. The molecule has 0 spiro atoms. The molecule has 0 radical (unpaired) electrons. The third-order valence-corrected chi connectivity index (χ3v) is 1.12. The molecular weight excluding hydrogens is 142 g/mol. The van der Waals surface area contributed by atoms with E-state index < -0.39 is 11.4 Å². The minimum absolute atomic E-state index is 0.323. The highest BCUT2D eigenvalue weighted by molar-refractivity contribution is 7.74. The summed E-state index contributed by atoms with van der Waals surface area (Å²) in [4.78, 5) is 0. The molecule has 0 heterocycles. The van der Waals surface area contributed by atoms with E-state index in [2.05, 4.69) is 9.50 Å². The maximum Gasteiger partial charge on any atom is 0.301 e. The zero-order valence-electron chi connectivity index (χ0n) is 5.29. The summed E-state index contributed by atoms with van der Waals surface area (Å²) in [6.07, 6.45) is 0.753. The maximum absolute atomic E-state index is 9.83. The summed E-state index contributed by atoms with van der Waals surface area (Å²) in [6, 6.07) is 0. The molecule has 0 aliphatic heterocycles. The van der Waals surface area contributed by atoms with Crippen LogP contribution in [0.5, 0.6) is 0 Å². The lowest BCUT2D eigenvalue weighted by atomic mass is 10.5. The number of hydrogen-bond acceptors (Lipinski definition) is 3. The first-order valence-corrected chi connectivity index (χ1v) is 3.69. The predicted octanol–water partition coefficient (Wildman–Crippen LogP) is -0.251. The van der Waals surface area contributed by atoms with Crippen molar-refractivity contribution >= 4 is 11.4 Å². The highest BCUT2D eigenvalue weighted by atomic mass is 32.2.